The normalized spacial score (nSPS) is 23.4. The molecule has 4 aliphatic rings. The summed E-state index contributed by atoms with van der Waals surface area (Å²) >= 11 is -3.25. The van der Waals surface area contributed by atoms with E-state index in [1.54, 1.807) is 22.3 Å². The van der Waals surface area contributed by atoms with Crippen molar-refractivity contribution in [1.82, 2.24) is 0 Å². The van der Waals surface area contributed by atoms with Crippen LogP contribution in [-0.4, -0.2) is 8.07 Å². The second-order valence-corrected chi connectivity index (χ2v) is 45.3. The number of rotatable bonds is 3. The summed E-state index contributed by atoms with van der Waals surface area (Å²) in [5, 5.41) is 3.85. The Morgan fingerprint density at radius 3 is 1.18 bits per heavy atom. The summed E-state index contributed by atoms with van der Waals surface area (Å²) in [6.07, 6.45) is 12.7. The SMILES string of the molecule is CC(C)(C)c1cc(-c2cccc3c2C=C2[CH]3[Hf]([CH3])([CH3])[CH]3C(=Cc4c(-c5cc(C(C)(C)C)cc(C(C)(C)C)c5)cccc43)[Si]2(C)C2CCCCC2)cc(C(C)(C)C)c1. The number of allylic oxidation sites excluding steroid dienone is 2. The zero-order valence-electron chi connectivity index (χ0n) is 38.4. The van der Waals surface area contributed by atoms with Crippen LogP contribution >= 0.6 is 0 Å². The van der Waals surface area contributed by atoms with Gasteiger partial charge in [-0.05, 0) is 0 Å². The minimum atomic E-state index is -3.25. The van der Waals surface area contributed by atoms with Crippen molar-refractivity contribution in [2.45, 2.75) is 166 Å². The van der Waals surface area contributed by atoms with Crippen LogP contribution in [0, 0.1) is 0 Å². The minimum absolute atomic E-state index is 0.0878. The van der Waals surface area contributed by atoms with E-state index < -0.39 is 28.0 Å². The number of fused-ring (bicyclic) bond motifs is 6. The zero-order chi connectivity index (χ0) is 41.2. The number of hydrogen-bond acceptors (Lipinski definition) is 0. The van der Waals surface area contributed by atoms with Gasteiger partial charge in [0, 0.05) is 0 Å². The summed E-state index contributed by atoms with van der Waals surface area (Å²) in [7, 11) is -2.11. The van der Waals surface area contributed by atoms with Gasteiger partial charge in [0.1, 0.15) is 0 Å². The van der Waals surface area contributed by atoms with Crippen LogP contribution in [0.1, 0.15) is 167 Å². The van der Waals surface area contributed by atoms with E-state index >= 15 is 0 Å². The Morgan fingerprint density at radius 2 is 0.842 bits per heavy atom. The molecule has 57 heavy (non-hydrogen) atoms. The van der Waals surface area contributed by atoms with Crippen LogP contribution in [0.2, 0.25) is 21.4 Å². The van der Waals surface area contributed by atoms with Crippen LogP contribution in [0.15, 0.2) is 83.2 Å². The van der Waals surface area contributed by atoms with Gasteiger partial charge in [0.05, 0.1) is 0 Å². The average molecular weight is 940 g/mol. The molecule has 4 aromatic carbocycles. The molecule has 1 saturated heterocycles. The van der Waals surface area contributed by atoms with Crippen molar-refractivity contribution in [1.29, 1.82) is 0 Å². The Kier molecular flexibility index (Phi) is 9.93. The van der Waals surface area contributed by atoms with E-state index in [1.165, 1.54) is 76.6 Å². The fourth-order valence-corrected chi connectivity index (χ4v) is 44.5. The molecular weight excluding hydrogens is 867 g/mol. The summed E-state index contributed by atoms with van der Waals surface area (Å²) in [4.78, 5) is 0. The average Bonchev–Trinajstić information content (AvgIpc) is 3.74. The monoisotopic (exact) mass is 940 g/mol. The van der Waals surface area contributed by atoms with Crippen LogP contribution in [0.5, 0.6) is 0 Å². The first kappa shape index (κ1) is 41.2. The van der Waals surface area contributed by atoms with Crippen LogP contribution in [-0.2, 0) is 41.6 Å². The molecule has 2 fully saturated rings. The van der Waals surface area contributed by atoms with Crippen molar-refractivity contribution in [2.24, 2.45) is 0 Å². The second kappa shape index (κ2) is 13.7. The summed E-state index contributed by atoms with van der Waals surface area (Å²) in [6, 6.07) is 30.0. The number of benzene rings is 4. The zero-order valence-corrected chi connectivity index (χ0v) is 42.9. The molecule has 300 valence electrons. The van der Waals surface area contributed by atoms with Gasteiger partial charge in [-0.25, -0.2) is 0 Å². The van der Waals surface area contributed by atoms with Crippen molar-refractivity contribution in [3.8, 4) is 22.3 Å². The summed E-state index contributed by atoms with van der Waals surface area (Å²) in [5.41, 5.74) is 19.2. The van der Waals surface area contributed by atoms with Crippen LogP contribution < -0.4 is 0 Å². The van der Waals surface area contributed by atoms with E-state index in [0.717, 1.165) is 5.54 Å². The molecule has 2 heteroatoms. The van der Waals surface area contributed by atoms with Crippen LogP contribution in [0.3, 0.4) is 0 Å². The topological polar surface area (TPSA) is 0 Å². The molecule has 0 amide bonds. The van der Waals surface area contributed by atoms with Gasteiger partial charge in [-0.15, -0.1) is 0 Å². The quantitative estimate of drug-likeness (QED) is 0.180. The van der Waals surface area contributed by atoms with Gasteiger partial charge < -0.3 is 0 Å². The molecule has 0 nitrogen and oxygen atoms in total. The standard InChI is InChI=1S/C53H66Si.2CH3.Hf/c1-50(2,3)39-25-37(26-40(31-39)51(4,5)6)46-23-17-19-35-29-44(33-48(35)46)54(13,43-21-15-14-16-22-43)45-30-36-20-18-24-47(49(36)34-45)38-27-41(52(7,8)9)32-42(28-38)53(10,11)12;;;/h17-20,23-34,43H,14-16,21-22H2,1-13H3;2*1H3;. The molecule has 3 aliphatic carbocycles. The summed E-state index contributed by atoms with van der Waals surface area (Å²) in [6.45, 7) is 31.4. The molecule has 0 aromatic heterocycles. The molecule has 0 N–H and O–H groups in total. The third kappa shape index (κ3) is 6.87. The maximum absolute atomic E-state index is 3.25. The van der Waals surface area contributed by atoms with Gasteiger partial charge in [0.25, 0.3) is 0 Å². The summed E-state index contributed by atoms with van der Waals surface area (Å²) < 4.78 is 7.01. The fourth-order valence-electron chi connectivity index (χ4n) is 11.6. The Labute approximate surface area is 353 Å². The maximum atomic E-state index is 2.87. The molecule has 2 unspecified atom stereocenters. The molecule has 0 radical (unpaired) electrons. The van der Waals surface area contributed by atoms with Crippen molar-refractivity contribution in [3.05, 3.63) is 128 Å². The Hall–Kier alpha value is -2.55. The van der Waals surface area contributed by atoms with E-state index in [4.69, 9.17) is 0 Å². The fraction of sp³-hybridized carbons (Fsp3) is 0.491. The third-order valence-electron chi connectivity index (χ3n) is 15.2. The summed E-state index contributed by atoms with van der Waals surface area (Å²) in [5.74, 6) is 0. The molecule has 0 spiro atoms. The third-order valence-corrected chi connectivity index (χ3v) is 37.9. The molecule has 0 bridgehead atoms. The number of hydrogen-bond donors (Lipinski definition) is 0. The predicted octanol–water partition coefficient (Wildman–Crippen LogP) is 16.5. The molecule has 2 atom stereocenters. The van der Waals surface area contributed by atoms with E-state index in [9.17, 15) is 0 Å². The van der Waals surface area contributed by atoms with Gasteiger partial charge >= 0.3 is 356 Å². The van der Waals surface area contributed by atoms with E-state index in [0.29, 0.717) is 7.35 Å². The first-order valence-electron chi connectivity index (χ1n) is 22.4. The molecule has 8 rings (SSSR count). The molecular formula is C55H72HfSi. The Bertz CT molecular complexity index is 2100. The van der Waals surface area contributed by atoms with Gasteiger partial charge in [-0.1, -0.05) is 0 Å². The molecule has 1 aliphatic heterocycles. The van der Waals surface area contributed by atoms with Crippen molar-refractivity contribution < 1.29 is 20.0 Å². The van der Waals surface area contributed by atoms with E-state index in [-0.39, 0.29) is 21.7 Å². The first-order valence-corrected chi connectivity index (χ1v) is 36.4. The Balaban J connectivity index is 1.36. The van der Waals surface area contributed by atoms with Gasteiger partial charge in [-0.2, -0.15) is 0 Å². The molecule has 1 saturated carbocycles. The first-order chi connectivity index (χ1) is 26.4. The van der Waals surface area contributed by atoms with E-state index in [2.05, 4.69) is 184 Å². The Morgan fingerprint density at radius 1 is 0.491 bits per heavy atom. The van der Waals surface area contributed by atoms with Gasteiger partial charge in [0.2, 0.25) is 0 Å². The second-order valence-electron chi connectivity index (χ2n) is 23.6. The van der Waals surface area contributed by atoms with Crippen molar-refractivity contribution >= 4 is 20.2 Å². The van der Waals surface area contributed by atoms with Crippen molar-refractivity contribution in [3.63, 3.8) is 0 Å². The van der Waals surface area contributed by atoms with Crippen molar-refractivity contribution in [2.75, 3.05) is 0 Å². The van der Waals surface area contributed by atoms with Gasteiger partial charge in [0.15, 0.2) is 0 Å². The predicted molar refractivity (Wildman–Crippen MR) is 250 cm³/mol. The van der Waals surface area contributed by atoms with Crippen LogP contribution in [0.25, 0.3) is 34.4 Å². The van der Waals surface area contributed by atoms with Gasteiger partial charge in [-0.3, -0.25) is 0 Å². The molecule has 4 aromatic rings. The molecule has 1 heterocycles. The van der Waals surface area contributed by atoms with E-state index in [1.807, 2.05) is 10.4 Å². The van der Waals surface area contributed by atoms with Crippen LogP contribution in [0.4, 0.5) is 0 Å².